The molecule has 2 aromatic carbocycles. The predicted octanol–water partition coefficient (Wildman–Crippen LogP) is 23.6. The molecule has 2 aromatic rings. The number of benzene rings is 2. The largest absolute Gasteiger partial charge is 0.251 e. The first-order chi connectivity index (χ1) is 35.1. The van der Waals surface area contributed by atoms with Crippen molar-refractivity contribution in [1.29, 1.82) is 0 Å². The van der Waals surface area contributed by atoms with E-state index in [1.807, 2.05) is 0 Å². The Bertz CT molecular complexity index is 1630. The molecule has 0 aliphatic carbocycles. The molecular formula is C69H118N2. The lowest BCUT2D eigenvalue weighted by Gasteiger charge is -2.13. The Morgan fingerprint density at radius 3 is 0.958 bits per heavy atom. The normalized spacial score (nSPS) is 12.0. The van der Waals surface area contributed by atoms with Crippen molar-refractivity contribution in [2.24, 2.45) is 9.98 Å². The second-order valence-electron chi connectivity index (χ2n) is 22.1. The van der Waals surface area contributed by atoms with Crippen molar-refractivity contribution in [2.45, 2.75) is 343 Å². The van der Waals surface area contributed by atoms with Crippen LogP contribution in [0.5, 0.6) is 0 Å². The second kappa shape index (κ2) is 48.3. The van der Waals surface area contributed by atoms with Gasteiger partial charge in [0.1, 0.15) is 5.71 Å². The van der Waals surface area contributed by atoms with Gasteiger partial charge in [-0.2, -0.15) is 0 Å². The van der Waals surface area contributed by atoms with Crippen LogP contribution >= 0.6 is 0 Å². The average molecular weight is 976 g/mol. The predicted molar refractivity (Wildman–Crippen MR) is 322 cm³/mol. The molecule has 0 bridgehead atoms. The van der Waals surface area contributed by atoms with Gasteiger partial charge in [-0.3, -0.25) is 4.99 Å². The minimum absolute atomic E-state index is 0.907. The van der Waals surface area contributed by atoms with Gasteiger partial charge < -0.3 is 0 Å². The summed E-state index contributed by atoms with van der Waals surface area (Å²) < 4.78 is 0. The highest BCUT2D eigenvalue weighted by atomic mass is 14.8. The summed E-state index contributed by atoms with van der Waals surface area (Å²) in [5.74, 6) is 7.39. The van der Waals surface area contributed by atoms with E-state index in [9.17, 15) is 0 Å². The monoisotopic (exact) mass is 975 g/mol. The van der Waals surface area contributed by atoms with Crippen LogP contribution in [0.25, 0.3) is 0 Å². The lowest BCUT2D eigenvalue weighted by molar-refractivity contribution is 0.522. The highest BCUT2D eigenvalue weighted by Gasteiger charge is 2.13. The molecule has 0 amide bonds. The van der Waals surface area contributed by atoms with E-state index in [1.165, 1.54) is 279 Å². The van der Waals surface area contributed by atoms with Gasteiger partial charge in [0.05, 0.1) is 17.1 Å². The van der Waals surface area contributed by atoms with Gasteiger partial charge in [0.15, 0.2) is 0 Å². The Hall–Kier alpha value is -2.66. The van der Waals surface area contributed by atoms with Crippen LogP contribution in [0, 0.1) is 11.8 Å². The third-order valence-corrected chi connectivity index (χ3v) is 15.2. The summed E-state index contributed by atoms with van der Waals surface area (Å²) in [7, 11) is 0. The standard InChI is InChI=1S/C69H118N2/c1-7-13-19-21-23-25-27-29-30-31-32-33-34-35-36-37-39-41-43-45-47-49-55-69(71-67-59-57-63(51-16-10-4)65(61-67)53-18-12-6)68(54-48-46-44-42-40-38-28-26-24-22-20-14-8-2)70-66-58-56-62(50-15-9-3)64(60-66)52-17-11-5/h56-61H,7-48,50-54H2,1-6H3. The van der Waals surface area contributed by atoms with E-state index in [2.05, 4.69) is 89.8 Å². The summed E-state index contributed by atoms with van der Waals surface area (Å²) in [5, 5.41) is 0. The maximum Gasteiger partial charge on any atom is 0.135 e. The van der Waals surface area contributed by atoms with Gasteiger partial charge in [-0.25, -0.2) is 4.99 Å². The Kier molecular flexibility index (Phi) is 43.8. The molecular weight excluding hydrogens is 857 g/mol. The molecule has 0 spiro atoms. The number of unbranched alkanes of at least 4 members (excludes halogenated alkanes) is 36. The SMILES string of the molecule is CCCCCCCCCCCCCCCCCCCCCCC#CC(=Nc1ccc(CCCC)c(CCCC)c1)C(CCCCCCCCCCCCCCC)=Nc1ccc(CCCC)c(CCCC)c1. The summed E-state index contributed by atoms with van der Waals surface area (Å²) in [4.78, 5) is 11.1. The van der Waals surface area contributed by atoms with Crippen LogP contribution in [0.15, 0.2) is 46.4 Å². The molecule has 0 radical (unpaired) electrons. The summed E-state index contributed by atoms with van der Waals surface area (Å²) in [6.07, 6.45) is 62.2. The molecule has 0 aliphatic heterocycles. The molecule has 2 nitrogen and oxygen atoms in total. The quantitative estimate of drug-likeness (QED) is 0.0359. The van der Waals surface area contributed by atoms with Crippen LogP contribution in [-0.2, 0) is 25.7 Å². The van der Waals surface area contributed by atoms with E-state index < -0.39 is 0 Å². The van der Waals surface area contributed by atoms with Crippen LogP contribution in [0.1, 0.15) is 340 Å². The molecule has 0 aromatic heterocycles. The first-order valence-corrected chi connectivity index (χ1v) is 32.0. The Labute approximate surface area is 444 Å². The Balaban J connectivity index is 2.14. The number of rotatable bonds is 49. The van der Waals surface area contributed by atoms with E-state index in [-0.39, 0.29) is 0 Å². The van der Waals surface area contributed by atoms with Crippen molar-refractivity contribution >= 4 is 22.8 Å². The molecule has 0 aliphatic rings. The number of aryl methyl sites for hydroxylation is 4. The lowest BCUT2D eigenvalue weighted by Crippen LogP contribution is -2.12. The van der Waals surface area contributed by atoms with Crippen LogP contribution in [0.2, 0.25) is 0 Å². The lowest BCUT2D eigenvalue weighted by atomic mass is 9.97. The maximum atomic E-state index is 5.56. The third kappa shape index (κ3) is 35.2. The third-order valence-electron chi connectivity index (χ3n) is 15.2. The fourth-order valence-corrected chi connectivity index (χ4v) is 10.4. The van der Waals surface area contributed by atoms with Gasteiger partial charge >= 0.3 is 0 Å². The zero-order valence-corrected chi connectivity index (χ0v) is 48.6. The molecule has 0 atom stereocenters. The Morgan fingerprint density at radius 2 is 0.606 bits per heavy atom. The minimum atomic E-state index is 0.907. The van der Waals surface area contributed by atoms with E-state index in [0.29, 0.717) is 0 Å². The van der Waals surface area contributed by atoms with Crippen molar-refractivity contribution in [3.63, 3.8) is 0 Å². The highest BCUT2D eigenvalue weighted by molar-refractivity contribution is 6.49. The van der Waals surface area contributed by atoms with Gasteiger partial charge in [0.25, 0.3) is 0 Å². The van der Waals surface area contributed by atoms with E-state index in [4.69, 9.17) is 9.98 Å². The van der Waals surface area contributed by atoms with Crippen molar-refractivity contribution in [2.75, 3.05) is 0 Å². The van der Waals surface area contributed by atoms with Gasteiger partial charge in [-0.15, -0.1) is 0 Å². The number of aliphatic imine (C=N–C) groups is 2. The maximum absolute atomic E-state index is 5.56. The molecule has 0 heterocycles. The van der Waals surface area contributed by atoms with E-state index in [0.717, 1.165) is 67.7 Å². The topological polar surface area (TPSA) is 24.7 Å². The fourth-order valence-electron chi connectivity index (χ4n) is 10.4. The van der Waals surface area contributed by atoms with Crippen LogP contribution in [0.3, 0.4) is 0 Å². The van der Waals surface area contributed by atoms with E-state index >= 15 is 0 Å². The molecule has 71 heavy (non-hydrogen) atoms. The van der Waals surface area contributed by atoms with Crippen LogP contribution in [-0.4, -0.2) is 11.4 Å². The van der Waals surface area contributed by atoms with Gasteiger partial charge in [-0.1, -0.05) is 284 Å². The molecule has 0 N–H and O–H groups in total. The summed E-state index contributed by atoms with van der Waals surface area (Å²) in [6.45, 7) is 13.9. The molecule has 2 rings (SSSR count). The minimum Gasteiger partial charge on any atom is -0.251 e. The van der Waals surface area contributed by atoms with Crippen LogP contribution in [0.4, 0.5) is 11.4 Å². The molecule has 0 unspecified atom stereocenters. The van der Waals surface area contributed by atoms with Gasteiger partial charge in [-0.05, 0) is 123 Å². The van der Waals surface area contributed by atoms with Crippen molar-refractivity contribution in [3.8, 4) is 11.8 Å². The number of nitrogens with zero attached hydrogens (tertiary/aromatic N) is 2. The van der Waals surface area contributed by atoms with Crippen LogP contribution < -0.4 is 0 Å². The second-order valence-corrected chi connectivity index (χ2v) is 22.1. The van der Waals surface area contributed by atoms with Crippen molar-refractivity contribution in [3.05, 3.63) is 58.7 Å². The average Bonchev–Trinajstić information content (AvgIpc) is 3.38. The van der Waals surface area contributed by atoms with E-state index in [1.54, 1.807) is 0 Å². The molecule has 404 valence electrons. The molecule has 0 saturated heterocycles. The zero-order valence-electron chi connectivity index (χ0n) is 48.6. The van der Waals surface area contributed by atoms with Crippen molar-refractivity contribution < 1.29 is 0 Å². The first kappa shape index (κ1) is 64.5. The molecule has 0 fully saturated rings. The highest BCUT2D eigenvalue weighted by Crippen LogP contribution is 2.26. The Morgan fingerprint density at radius 1 is 0.310 bits per heavy atom. The molecule has 2 heteroatoms. The summed E-state index contributed by atoms with van der Waals surface area (Å²) >= 11 is 0. The summed E-state index contributed by atoms with van der Waals surface area (Å²) in [5.41, 5.74) is 10.1. The number of hydrogen-bond acceptors (Lipinski definition) is 2. The fraction of sp³-hybridized carbons (Fsp3) is 0.768. The van der Waals surface area contributed by atoms with Crippen molar-refractivity contribution in [1.82, 2.24) is 0 Å². The smallest absolute Gasteiger partial charge is 0.135 e. The van der Waals surface area contributed by atoms with Gasteiger partial charge in [0.2, 0.25) is 0 Å². The first-order valence-electron chi connectivity index (χ1n) is 32.0. The molecule has 0 saturated carbocycles. The summed E-state index contributed by atoms with van der Waals surface area (Å²) in [6, 6.07) is 14.1. The number of hydrogen-bond donors (Lipinski definition) is 0. The van der Waals surface area contributed by atoms with Gasteiger partial charge in [0, 0.05) is 6.42 Å². The zero-order chi connectivity index (χ0) is 50.9.